The number of aliphatic hydroxyl groups excluding tert-OH is 2. The zero-order chi connectivity index (χ0) is 29.1. The van der Waals surface area contributed by atoms with Crippen LogP contribution in [0.2, 0.25) is 0 Å². The number of allylic oxidation sites excluding steroid dienone is 1. The Kier molecular flexibility index (Phi) is 8.70. The lowest BCUT2D eigenvalue weighted by Gasteiger charge is -2.65. The Morgan fingerprint density at radius 2 is 1.82 bits per heavy atom. The molecule has 230 valence electrons. The normalized spacial score (nSPS) is 48.1. The lowest BCUT2D eigenvalue weighted by molar-refractivity contribution is -0.150. The van der Waals surface area contributed by atoms with Crippen LogP contribution in [0.25, 0.3) is 0 Å². The summed E-state index contributed by atoms with van der Waals surface area (Å²) in [6, 6.07) is -0.0780. The molecule has 1 aliphatic heterocycles. The van der Waals surface area contributed by atoms with Gasteiger partial charge in [0.15, 0.2) is 0 Å². The zero-order valence-electron chi connectivity index (χ0n) is 26.7. The van der Waals surface area contributed by atoms with Crippen LogP contribution >= 0.6 is 0 Å². The molecule has 0 aromatic heterocycles. The van der Waals surface area contributed by atoms with E-state index in [4.69, 9.17) is 4.74 Å². The van der Waals surface area contributed by atoms with Crippen LogP contribution in [0.15, 0.2) is 11.6 Å². The second-order valence-electron chi connectivity index (χ2n) is 16.4. The Morgan fingerprint density at radius 1 is 1.07 bits per heavy atom. The van der Waals surface area contributed by atoms with Crippen molar-refractivity contribution in [3.8, 4) is 0 Å². The maximum Gasteiger partial charge on any atom is 0.111 e. The fraction of sp³-hybridized carbons (Fsp3) is 0.943. The van der Waals surface area contributed by atoms with Crippen molar-refractivity contribution in [1.29, 1.82) is 0 Å². The van der Waals surface area contributed by atoms with Gasteiger partial charge >= 0.3 is 0 Å². The minimum atomic E-state index is -0.552. The van der Waals surface area contributed by atoms with E-state index >= 15 is 0 Å². The van der Waals surface area contributed by atoms with E-state index in [1.807, 2.05) is 13.8 Å². The molecular formula is C35H61NO4. The molecule has 5 aliphatic rings. The van der Waals surface area contributed by atoms with Gasteiger partial charge in [-0.2, -0.15) is 0 Å². The van der Waals surface area contributed by atoms with Crippen LogP contribution in [0.5, 0.6) is 0 Å². The van der Waals surface area contributed by atoms with Crippen LogP contribution in [0, 0.1) is 45.8 Å². The molecule has 0 spiro atoms. The number of hydrogen-bond acceptors (Lipinski definition) is 5. The third-order valence-electron chi connectivity index (χ3n) is 13.6. The summed E-state index contributed by atoms with van der Waals surface area (Å²) in [5.74, 6) is 3.31. The molecule has 5 heteroatoms. The predicted octanol–water partition coefficient (Wildman–Crippen LogP) is 6.60. The van der Waals surface area contributed by atoms with Gasteiger partial charge in [-0.15, -0.1) is 0 Å². The van der Waals surface area contributed by atoms with E-state index in [0.29, 0.717) is 40.9 Å². The van der Waals surface area contributed by atoms with E-state index < -0.39 is 11.7 Å². The van der Waals surface area contributed by atoms with Gasteiger partial charge in [0.2, 0.25) is 0 Å². The van der Waals surface area contributed by atoms with E-state index in [-0.39, 0.29) is 25.0 Å². The quantitative estimate of drug-likeness (QED) is 0.252. The van der Waals surface area contributed by atoms with Crippen molar-refractivity contribution >= 4 is 0 Å². The van der Waals surface area contributed by atoms with Gasteiger partial charge in [-0.1, -0.05) is 59.1 Å². The number of piperidine rings is 1. The van der Waals surface area contributed by atoms with Gasteiger partial charge in [0.05, 0.1) is 24.4 Å². The highest BCUT2D eigenvalue weighted by Gasteiger charge is 2.66. The molecule has 40 heavy (non-hydrogen) atoms. The number of nitrogens with one attached hydrogen (secondary N) is 1. The largest absolute Gasteiger partial charge is 0.395 e. The van der Waals surface area contributed by atoms with E-state index in [1.54, 1.807) is 5.57 Å². The highest BCUT2D eigenvalue weighted by atomic mass is 16.5. The number of aliphatic hydroxyl groups is 3. The van der Waals surface area contributed by atoms with Crippen LogP contribution in [0.3, 0.4) is 0 Å². The zero-order valence-corrected chi connectivity index (χ0v) is 26.7. The molecular weight excluding hydrogens is 498 g/mol. The fourth-order valence-electron chi connectivity index (χ4n) is 11.1. The molecule has 0 aromatic carbocycles. The molecule has 5 nitrogen and oxygen atoms in total. The van der Waals surface area contributed by atoms with Crippen LogP contribution in [0.1, 0.15) is 126 Å². The van der Waals surface area contributed by atoms with Crippen LogP contribution in [-0.4, -0.2) is 52.0 Å². The minimum absolute atomic E-state index is 0.0439. The summed E-state index contributed by atoms with van der Waals surface area (Å²) < 4.78 is 6.62. The molecule has 4 N–H and O–H groups in total. The summed E-state index contributed by atoms with van der Waals surface area (Å²) >= 11 is 0. The van der Waals surface area contributed by atoms with Gasteiger partial charge in [0.1, 0.15) is 6.23 Å². The lowest BCUT2D eigenvalue weighted by atomic mass is 9.40. The monoisotopic (exact) mass is 559 g/mol. The molecule has 5 rings (SSSR count). The Morgan fingerprint density at radius 3 is 2.52 bits per heavy atom. The molecule has 4 aliphatic carbocycles. The Labute approximate surface area is 244 Å². The minimum Gasteiger partial charge on any atom is -0.395 e. The van der Waals surface area contributed by atoms with Crippen molar-refractivity contribution in [1.82, 2.24) is 5.32 Å². The molecule has 0 radical (unpaired) electrons. The van der Waals surface area contributed by atoms with Crippen molar-refractivity contribution in [2.24, 2.45) is 45.8 Å². The summed E-state index contributed by atoms with van der Waals surface area (Å²) in [5, 5.41) is 33.6. The number of hydrogen-bond donors (Lipinski definition) is 4. The average Bonchev–Trinajstić information content (AvgIpc) is 3.15. The van der Waals surface area contributed by atoms with Gasteiger partial charge < -0.3 is 20.1 Å². The van der Waals surface area contributed by atoms with Crippen molar-refractivity contribution in [3.63, 3.8) is 0 Å². The first-order valence-electron chi connectivity index (χ1n) is 16.8. The average molecular weight is 560 g/mol. The van der Waals surface area contributed by atoms with E-state index in [0.717, 1.165) is 37.0 Å². The summed E-state index contributed by atoms with van der Waals surface area (Å²) in [5.41, 5.74) is 2.24. The van der Waals surface area contributed by atoms with Gasteiger partial charge in [-0.25, -0.2) is 0 Å². The number of rotatable bonds is 8. The highest BCUT2D eigenvalue weighted by molar-refractivity contribution is 5.27. The standard InChI is InChI=1S/C35H61NO4/c1-22(9-8-15-32(3,4)39)27-14-16-35(7)30-13-10-26-23(2)29(40-31-20-25(38)19-24(21-37)36-31)12-11-28(26)33(30,5)17-18-34(27,35)6/h10,22-25,27-31,36-39H,8-9,11-21H2,1-7H3/t22-,23-,24+,25+,27?,28?,29+,30?,31+,33+,34-,35+/m1/s1. The van der Waals surface area contributed by atoms with Crippen LogP contribution in [-0.2, 0) is 4.74 Å². The predicted molar refractivity (Wildman–Crippen MR) is 162 cm³/mol. The van der Waals surface area contributed by atoms with Crippen molar-refractivity contribution in [2.75, 3.05) is 6.61 Å². The summed E-state index contributed by atoms with van der Waals surface area (Å²) in [6.07, 6.45) is 15.6. The number of fused-ring (bicyclic) bond motifs is 5. The Bertz CT molecular complexity index is 929. The molecule has 1 saturated heterocycles. The van der Waals surface area contributed by atoms with Gasteiger partial charge in [0.25, 0.3) is 0 Å². The van der Waals surface area contributed by atoms with Crippen molar-refractivity contribution in [3.05, 3.63) is 11.6 Å². The third kappa shape index (κ3) is 5.38. The lowest BCUT2D eigenvalue weighted by Crippen LogP contribution is -2.58. The third-order valence-corrected chi connectivity index (χ3v) is 13.6. The Hall–Kier alpha value is -0.460. The molecule has 4 fully saturated rings. The molecule has 12 atom stereocenters. The number of ether oxygens (including phenoxy) is 1. The van der Waals surface area contributed by atoms with E-state index in [2.05, 4.69) is 46.0 Å². The summed E-state index contributed by atoms with van der Waals surface area (Å²) in [7, 11) is 0. The fourth-order valence-corrected chi connectivity index (χ4v) is 11.1. The van der Waals surface area contributed by atoms with Gasteiger partial charge in [0, 0.05) is 18.4 Å². The van der Waals surface area contributed by atoms with Crippen LogP contribution in [0.4, 0.5) is 0 Å². The SMILES string of the molecule is C[C@H](CCCC(C)(C)O)C1CC[C@@]2(C)C3CC=C4C(CC[C@H](O[C@H]5C[C@@H](O)C[C@@H](CO)N5)[C@@H]4C)[C@]3(C)CC[C@]12C. The summed E-state index contributed by atoms with van der Waals surface area (Å²) in [4.78, 5) is 0. The van der Waals surface area contributed by atoms with Crippen molar-refractivity contribution in [2.45, 2.75) is 156 Å². The highest BCUT2D eigenvalue weighted by Crippen LogP contribution is 2.74. The molecule has 0 bridgehead atoms. The molecule has 1 heterocycles. The van der Waals surface area contributed by atoms with Gasteiger partial charge in [-0.05, 0) is 112 Å². The first-order valence-corrected chi connectivity index (χ1v) is 16.8. The van der Waals surface area contributed by atoms with E-state index in [9.17, 15) is 15.3 Å². The first-order chi connectivity index (χ1) is 18.7. The smallest absolute Gasteiger partial charge is 0.111 e. The molecule has 3 unspecified atom stereocenters. The molecule has 0 amide bonds. The van der Waals surface area contributed by atoms with Crippen molar-refractivity contribution < 1.29 is 20.1 Å². The molecule has 3 saturated carbocycles. The second-order valence-corrected chi connectivity index (χ2v) is 16.4. The van der Waals surface area contributed by atoms with Gasteiger partial charge in [-0.3, -0.25) is 5.32 Å². The van der Waals surface area contributed by atoms with E-state index in [1.165, 1.54) is 44.9 Å². The molecule has 0 aromatic rings. The maximum atomic E-state index is 10.3. The first kappa shape index (κ1) is 31.0. The maximum absolute atomic E-state index is 10.3. The topological polar surface area (TPSA) is 82.0 Å². The Balaban J connectivity index is 1.29. The second kappa shape index (κ2) is 11.2. The van der Waals surface area contributed by atoms with Crippen LogP contribution < -0.4 is 5.32 Å². The summed E-state index contributed by atoms with van der Waals surface area (Å²) in [6.45, 7) is 16.8.